The molecule has 15 nitrogen and oxygen atoms in total. The molecule has 196 valence electrons. The lowest BCUT2D eigenvalue weighted by molar-refractivity contribution is -0.132. The lowest BCUT2D eigenvalue weighted by Crippen LogP contribution is -2.50. The molecule has 34 heavy (non-hydrogen) atoms. The maximum Gasteiger partial charge on any atom is 0.246 e. The number of hydrogen-bond donors (Lipinski definition) is 6. The van der Waals surface area contributed by atoms with Crippen LogP contribution in [0.1, 0.15) is 12.8 Å². The van der Waals surface area contributed by atoms with Crippen LogP contribution in [-0.4, -0.2) is 114 Å². The Kier molecular flexibility index (Phi) is 19.0. The van der Waals surface area contributed by atoms with Crippen molar-refractivity contribution in [3.05, 3.63) is 0 Å². The Morgan fingerprint density at radius 3 is 1.74 bits per heavy atom. The van der Waals surface area contributed by atoms with Gasteiger partial charge < -0.3 is 50.6 Å². The van der Waals surface area contributed by atoms with E-state index >= 15 is 0 Å². The molecule has 0 aliphatic carbocycles. The molecule has 1 atom stereocenters. The average molecular weight is 494 g/mol. The summed E-state index contributed by atoms with van der Waals surface area (Å²) in [6, 6.07) is -1.18. The smallest absolute Gasteiger partial charge is 0.246 e. The SMILES string of the molecule is COCCOCNC(=O)CNC(=O)CCC(NC(=O)CO)C(=O)NCC(=O)NCOCCOC. The third-order valence-corrected chi connectivity index (χ3v) is 3.93. The highest BCUT2D eigenvalue weighted by Crippen LogP contribution is 1.99. The summed E-state index contributed by atoms with van der Waals surface area (Å²) in [6.45, 7) is -0.351. The third-order valence-electron chi connectivity index (χ3n) is 3.93. The maximum atomic E-state index is 12.3. The second kappa shape index (κ2) is 20.7. The molecule has 1 unspecified atom stereocenters. The van der Waals surface area contributed by atoms with Crippen molar-refractivity contribution in [2.45, 2.75) is 18.9 Å². The molecule has 5 amide bonds. The lowest BCUT2D eigenvalue weighted by atomic mass is 10.1. The molecular formula is C19H35N5O10. The minimum Gasteiger partial charge on any atom is -0.387 e. The van der Waals surface area contributed by atoms with Crippen molar-refractivity contribution in [1.29, 1.82) is 0 Å². The van der Waals surface area contributed by atoms with Gasteiger partial charge in [0.05, 0.1) is 39.5 Å². The first kappa shape index (κ1) is 31.1. The van der Waals surface area contributed by atoms with Crippen LogP contribution in [0.3, 0.4) is 0 Å². The summed E-state index contributed by atoms with van der Waals surface area (Å²) in [5.41, 5.74) is 0. The summed E-state index contributed by atoms with van der Waals surface area (Å²) in [5, 5.41) is 20.7. The molecule has 6 N–H and O–H groups in total. The van der Waals surface area contributed by atoms with E-state index in [1.54, 1.807) is 0 Å². The van der Waals surface area contributed by atoms with Crippen molar-refractivity contribution in [2.75, 3.05) is 73.8 Å². The van der Waals surface area contributed by atoms with Crippen molar-refractivity contribution >= 4 is 29.5 Å². The van der Waals surface area contributed by atoms with Gasteiger partial charge in [0.1, 0.15) is 26.1 Å². The summed E-state index contributed by atoms with van der Waals surface area (Å²) < 4.78 is 19.7. The van der Waals surface area contributed by atoms with E-state index in [2.05, 4.69) is 26.6 Å². The summed E-state index contributed by atoms with van der Waals surface area (Å²) >= 11 is 0. The lowest BCUT2D eigenvalue weighted by Gasteiger charge is -2.18. The van der Waals surface area contributed by atoms with Gasteiger partial charge >= 0.3 is 0 Å². The van der Waals surface area contributed by atoms with Crippen LogP contribution in [0.15, 0.2) is 0 Å². The normalized spacial score (nSPS) is 11.3. The fraction of sp³-hybridized carbons (Fsp3) is 0.737. The Morgan fingerprint density at radius 2 is 1.24 bits per heavy atom. The summed E-state index contributed by atoms with van der Waals surface area (Å²) in [5.74, 6) is -3.11. The molecule has 0 heterocycles. The first-order valence-electron chi connectivity index (χ1n) is 10.4. The zero-order valence-electron chi connectivity index (χ0n) is 19.5. The zero-order valence-corrected chi connectivity index (χ0v) is 19.5. The van der Waals surface area contributed by atoms with Gasteiger partial charge in [-0.05, 0) is 6.42 Å². The van der Waals surface area contributed by atoms with Gasteiger partial charge in [-0.3, -0.25) is 24.0 Å². The van der Waals surface area contributed by atoms with E-state index in [-0.39, 0.29) is 39.5 Å². The molecule has 0 spiro atoms. The molecule has 0 aromatic heterocycles. The van der Waals surface area contributed by atoms with Crippen molar-refractivity contribution in [3.8, 4) is 0 Å². The molecule has 0 saturated carbocycles. The quantitative estimate of drug-likeness (QED) is 0.0715. The minimum absolute atomic E-state index is 0.0413. The molecule has 0 aliphatic heterocycles. The Balaban J connectivity index is 4.35. The fourth-order valence-corrected chi connectivity index (χ4v) is 2.16. The van der Waals surface area contributed by atoms with Crippen LogP contribution in [-0.2, 0) is 42.9 Å². The molecule has 0 aromatic rings. The van der Waals surface area contributed by atoms with Crippen LogP contribution >= 0.6 is 0 Å². The van der Waals surface area contributed by atoms with E-state index < -0.39 is 48.7 Å². The summed E-state index contributed by atoms with van der Waals surface area (Å²) in [7, 11) is 3.02. The third kappa shape index (κ3) is 17.7. The highest BCUT2D eigenvalue weighted by molar-refractivity contribution is 5.91. The zero-order chi connectivity index (χ0) is 25.6. The maximum absolute atomic E-state index is 12.3. The van der Waals surface area contributed by atoms with E-state index in [0.717, 1.165) is 0 Å². The Labute approximate surface area is 197 Å². The van der Waals surface area contributed by atoms with Crippen LogP contribution < -0.4 is 26.6 Å². The highest BCUT2D eigenvalue weighted by atomic mass is 16.5. The van der Waals surface area contributed by atoms with E-state index in [9.17, 15) is 24.0 Å². The largest absolute Gasteiger partial charge is 0.387 e. The van der Waals surface area contributed by atoms with Crippen LogP contribution in [0.4, 0.5) is 0 Å². The molecule has 0 saturated heterocycles. The number of ether oxygens (including phenoxy) is 4. The summed E-state index contributed by atoms with van der Waals surface area (Å²) in [6.07, 6.45) is -0.339. The van der Waals surface area contributed by atoms with Crippen molar-refractivity contribution in [3.63, 3.8) is 0 Å². The molecule has 0 radical (unpaired) electrons. The average Bonchev–Trinajstić information content (AvgIpc) is 2.83. The molecule has 0 rings (SSSR count). The van der Waals surface area contributed by atoms with Gasteiger partial charge in [0.15, 0.2) is 0 Å². The first-order valence-corrected chi connectivity index (χ1v) is 10.4. The second-order valence-corrected chi connectivity index (χ2v) is 6.60. The number of aliphatic hydroxyl groups is 1. The number of methoxy groups -OCH3 is 2. The molecule has 0 aromatic carbocycles. The Morgan fingerprint density at radius 1 is 0.706 bits per heavy atom. The minimum atomic E-state index is -1.18. The van der Waals surface area contributed by atoms with Gasteiger partial charge in [-0.1, -0.05) is 0 Å². The molecule has 0 aliphatic rings. The number of carbonyl (C=O) groups is 5. The van der Waals surface area contributed by atoms with E-state index in [1.807, 2.05) is 0 Å². The molecular weight excluding hydrogens is 458 g/mol. The molecule has 15 heteroatoms. The Bertz CT molecular complexity index is 635. The number of carbonyl (C=O) groups excluding carboxylic acids is 5. The van der Waals surface area contributed by atoms with Crippen LogP contribution in [0, 0.1) is 0 Å². The van der Waals surface area contributed by atoms with Gasteiger partial charge in [0, 0.05) is 20.6 Å². The molecule has 0 bridgehead atoms. The number of amides is 5. The number of hydrogen-bond acceptors (Lipinski definition) is 10. The predicted molar refractivity (Wildman–Crippen MR) is 116 cm³/mol. The van der Waals surface area contributed by atoms with Gasteiger partial charge in [-0.15, -0.1) is 0 Å². The van der Waals surface area contributed by atoms with Crippen molar-refractivity contribution in [1.82, 2.24) is 26.6 Å². The van der Waals surface area contributed by atoms with Gasteiger partial charge in [0.25, 0.3) is 0 Å². The van der Waals surface area contributed by atoms with Gasteiger partial charge in [-0.25, -0.2) is 0 Å². The van der Waals surface area contributed by atoms with Gasteiger partial charge in [0.2, 0.25) is 29.5 Å². The number of aliphatic hydroxyl groups excluding tert-OH is 1. The standard InChI is InChI=1S/C19H35N5O10/c1-31-5-7-33-12-22-16(27)9-20-15(26)4-3-14(24-18(29)11-25)19(30)21-10-17(28)23-13-34-8-6-32-2/h14,25H,3-13H2,1-2H3,(H,20,26)(H,21,30)(H,22,27)(H,23,28)(H,24,29). The summed E-state index contributed by atoms with van der Waals surface area (Å²) in [4.78, 5) is 59.2. The van der Waals surface area contributed by atoms with Crippen LogP contribution in [0.25, 0.3) is 0 Å². The number of nitrogens with one attached hydrogen (secondary N) is 5. The van der Waals surface area contributed by atoms with Crippen LogP contribution in [0.2, 0.25) is 0 Å². The highest BCUT2D eigenvalue weighted by Gasteiger charge is 2.22. The monoisotopic (exact) mass is 493 g/mol. The van der Waals surface area contributed by atoms with E-state index in [1.165, 1.54) is 14.2 Å². The number of rotatable bonds is 20. The van der Waals surface area contributed by atoms with Crippen molar-refractivity contribution < 1.29 is 48.0 Å². The van der Waals surface area contributed by atoms with E-state index in [4.69, 9.17) is 24.1 Å². The fourth-order valence-electron chi connectivity index (χ4n) is 2.16. The topological polar surface area (TPSA) is 203 Å². The van der Waals surface area contributed by atoms with E-state index in [0.29, 0.717) is 19.8 Å². The van der Waals surface area contributed by atoms with Crippen molar-refractivity contribution in [2.24, 2.45) is 0 Å². The van der Waals surface area contributed by atoms with Crippen LogP contribution in [0.5, 0.6) is 0 Å². The second-order valence-electron chi connectivity index (χ2n) is 6.60. The predicted octanol–water partition coefficient (Wildman–Crippen LogP) is -4.05. The molecule has 0 fully saturated rings. The Hall–Kier alpha value is -2.85. The van der Waals surface area contributed by atoms with Gasteiger partial charge in [-0.2, -0.15) is 0 Å². The first-order chi connectivity index (χ1) is 16.3.